The molecule has 2 nitrogen and oxygen atoms in total. The second-order valence-corrected chi connectivity index (χ2v) is 2.59. The van der Waals surface area contributed by atoms with Crippen molar-refractivity contribution < 1.29 is 4.79 Å². The lowest BCUT2D eigenvalue weighted by molar-refractivity contribution is -0.111. The van der Waals surface area contributed by atoms with Crippen molar-refractivity contribution in [3.8, 4) is 0 Å². The van der Waals surface area contributed by atoms with Crippen LogP contribution in [-0.2, 0) is 4.79 Å². The summed E-state index contributed by atoms with van der Waals surface area (Å²) in [5.74, 6) is 0.0128. The molecule has 0 saturated carbocycles. The predicted octanol–water partition coefficient (Wildman–Crippen LogP) is 2.37. The standard InChI is InChI=1S/C10H11NO/c1-8(9(2)12)11-10-6-4-3-5-7-10/h3-7H,1-2H3. The van der Waals surface area contributed by atoms with Crippen molar-refractivity contribution in [2.24, 2.45) is 4.99 Å². The fourth-order valence-corrected chi connectivity index (χ4v) is 0.775. The minimum Gasteiger partial charge on any atom is -0.293 e. The number of ketones is 1. The highest BCUT2D eigenvalue weighted by molar-refractivity contribution is 6.38. The predicted molar refractivity (Wildman–Crippen MR) is 49.9 cm³/mol. The highest BCUT2D eigenvalue weighted by Crippen LogP contribution is 2.09. The molecule has 0 aliphatic carbocycles. The molecule has 0 unspecified atom stereocenters. The number of carbonyl (C=O) groups is 1. The number of hydrogen-bond donors (Lipinski definition) is 0. The van der Waals surface area contributed by atoms with Crippen molar-refractivity contribution in [3.63, 3.8) is 0 Å². The molecule has 0 aromatic heterocycles. The third kappa shape index (κ3) is 2.31. The molecule has 0 bridgehead atoms. The molecule has 1 aromatic rings. The summed E-state index contributed by atoms with van der Waals surface area (Å²) in [6.45, 7) is 3.23. The lowest BCUT2D eigenvalue weighted by Crippen LogP contribution is -2.02. The SMILES string of the molecule is CC(=O)C(C)=Nc1ccccc1. The highest BCUT2D eigenvalue weighted by atomic mass is 16.1. The zero-order valence-electron chi connectivity index (χ0n) is 7.24. The maximum atomic E-state index is 10.8. The zero-order chi connectivity index (χ0) is 8.97. The normalized spacial score (nSPS) is 11.3. The Morgan fingerprint density at radius 1 is 1.17 bits per heavy atom. The Labute approximate surface area is 71.9 Å². The van der Waals surface area contributed by atoms with E-state index in [1.54, 1.807) is 6.92 Å². The molecule has 0 aliphatic heterocycles. The van der Waals surface area contributed by atoms with E-state index in [2.05, 4.69) is 4.99 Å². The van der Waals surface area contributed by atoms with Crippen LogP contribution >= 0.6 is 0 Å². The van der Waals surface area contributed by atoms with E-state index >= 15 is 0 Å². The van der Waals surface area contributed by atoms with Crippen LogP contribution in [0.1, 0.15) is 13.8 Å². The van der Waals surface area contributed by atoms with Crippen LogP contribution in [0.25, 0.3) is 0 Å². The summed E-state index contributed by atoms with van der Waals surface area (Å²) in [6, 6.07) is 9.44. The molecule has 0 saturated heterocycles. The fraction of sp³-hybridized carbons (Fsp3) is 0.200. The van der Waals surface area contributed by atoms with Gasteiger partial charge in [0.2, 0.25) is 0 Å². The van der Waals surface area contributed by atoms with Gasteiger partial charge in [-0.05, 0) is 19.1 Å². The number of rotatable bonds is 2. The minimum atomic E-state index is 0.0128. The van der Waals surface area contributed by atoms with Crippen LogP contribution in [0, 0.1) is 0 Å². The van der Waals surface area contributed by atoms with E-state index in [-0.39, 0.29) is 5.78 Å². The first-order chi connectivity index (χ1) is 5.70. The number of Topliss-reactive ketones (excluding diaryl/α,β-unsaturated/α-hetero) is 1. The number of nitrogens with zero attached hydrogens (tertiary/aromatic N) is 1. The van der Waals surface area contributed by atoms with Crippen LogP contribution in [0.2, 0.25) is 0 Å². The van der Waals surface area contributed by atoms with Gasteiger partial charge in [0.15, 0.2) is 5.78 Å². The molecule has 0 radical (unpaired) electrons. The summed E-state index contributed by atoms with van der Waals surface area (Å²) < 4.78 is 0. The molecule has 1 rings (SSSR count). The first kappa shape index (κ1) is 8.65. The van der Waals surface area contributed by atoms with Gasteiger partial charge in [0.05, 0.1) is 11.4 Å². The van der Waals surface area contributed by atoms with Gasteiger partial charge in [-0.3, -0.25) is 9.79 Å². The maximum absolute atomic E-state index is 10.8. The molecular formula is C10H11NO. The van der Waals surface area contributed by atoms with E-state index in [9.17, 15) is 4.79 Å². The van der Waals surface area contributed by atoms with Crippen molar-refractivity contribution in [2.75, 3.05) is 0 Å². The molecule has 62 valence electrons. The summed E-state index contributed by atoms with van der Waals surface area (Å²) in [4.78, 5) is 14.9. The summed E-state index contributed by atoms with van der Waals surface area (Å²) in [5, 5.41) is 0. The third-order valence-electron chi connectivity index (χ3n) is 1.56. The van der Waals surface area contributed by atoms with Crippen molar-refractivity contribution in [1.29, 1.82) is 0 Å². The smallest absolute Gasteiger partial charge is 0.173 e. The quantitative estimate of drug-likeness (QED) is 0.612. The number of hydrogen-bond acceptors (Lipinski definition) is 2. The van der Waals surface area contributed by atoms with Crippen LogP contribution in [0.3, 0.4) is 0 Å². The first-order valence-corrected chi connectivity index (χ1v) is 3.81. The van der Waals surface area contributed by atoms with Gasteiger partial charge in [0.1, 0.15) is 0 Å². The monoisotopic (exact) mass is 161 g/mol. The summed E-state index contributed by atoms with van der Waals surface area (Å²) >= 11 is 0. The zero-order valence-corrected chi connectivity index (χ0v) is 7.24. The number of carbonyl (C=O) groups excluding carboxylic acids is 1. The first-order valence-electron chi connectivity index (χ1n) is 3.81. The van der Waals surface area contributed by atoms with Gasteiger partial charge in [-0.2, -0.15) is 0 Å². The Morgan fingerprint density at radius 3 is 2.25 bits per heavy atom. The summed E-state index contributed by atoms with van der Waals surface area (Å²) in [7, 11) is 0. The molecule has 1 aromatic carbocycles. The number of aliphatic imine (C=N–C) groups is 1. The van der Waals surface area contributed by atoms with E-state index in [1.165, 1.54) is 6.92 Å². The lowest BCUT2D eigenvalue weighted by Gasteiger charge is -1.94. The molecule has 12 heavy (non-hydrogen) atoms. The fourth-order valence-electron chi connectivity index (χ4n) is 0.775. The van der Waals surface area contributed by atoms with Crippen LogP contribution in [0.5, 0.6) is 0 Å². The molecule has 0 fully saturated rings. The van der Waals surface area contributed by atoms with Gasteiger partial charge in [-0.25, -0.2) is 0 Å². The van der Waals surface area contributed by atoms with Gasteiger partial charge in [0, 0.05) is 6.92 Å². The van der Waals surface area contributed by atoms with E-state index < -0.39 is 0 Å². The number of para-hydroxylation sites is 1. The molecule has 0 N–H and O–H groups in total. The van der Waals surface area contributed by atoms with E-state index in [0.717, 1.165) is 5.69 Å². The highest BCUT2D eigenvalue weighted by Gasteiger charge is 1.96. The second-order valence-electron chi connectivity index (χ2n) is 2.59. The van der Waals surface area contributed by atoms with Crippen LogP contribution < -0.4 is 0 Å². The topological polar surface area (TPSA) is 29.4 Å². The van der Waals surface area contributed by atoms with Gasteiger partial charge in [-0.1, -0.05) is 18.2 Å². The van der Waals surface area contributed by atoms with Crippen molar-refractivity contribution >= 4 is 17.2 Å². The number of benzene rings is 1. The van der Waals surface area contributed by atoms with E-state index in [1.807, 2.05) is 30.3 Å². The molecular weight excluding hydrogens is 150 g/mol. The molecule has 2 heteroatoms. The molecule has 0 aliphatic rings. The van der Waals surface area contributed by atoms with Crippen molar-refractivity contribution in [2.45, 2.75) is 13.8 Å². The summed E-state index contributed by atoms with van der Waals surface area (Å²) in [5.41, 5.74) is 1.37. The molecule has 0 atom stereocenters. The Morgan fingerprint density at radius 2 is 1.75 bits per heavy atom. The maximum Gasteiger partial charge on any atom is 0.173 e. The second kappa shape index (κ2) is 3.81. The van der Waals surface area contributed by atoms with Crippen LogP contribution in [-0.4, -0.2) is 11.5 Å². The summed E-state index contributed by atoms with van der Waals surface area (Å²) in [6.07, 6.45) is 0. The Balaban J connectivity index is 2.89. The Kier molecular flexibility index (Phi) is 2.75. The largest absolute Gasteiger partial charge is 0.293 e. The van der Waals surface area contributed by atoms with Gasteiger partial charge >= 0.3 is 0 Å². The average molecular weight is 161 g/mol. The molecule has 0 amide bonds. The van der Waals surface area contributed by atoms with Gasteiger partial charge in [0.25, 0.3) is 0 Å². The molecule has 0 spiro atoms. The van der Waals surface area contributed by atoms with Crippen LogP contribution in [0.4, 0.5) is 5.69 Å². The molecule has 0 heterocycles. The Hall–Kier alpha value is -1.44. The minimum absolute atomic E-state index is 0.0128. The van der Waals surface area contributed by atoms with Crippen molar-refractivity contribution in [1.82, 2.24) is 0 Å². The van der Waals surface area contributed by atoms with Crippen molar-refractivity contribution in [3.05, 3.63) is 30.3 Å². The third-order valence-corrected chi connectivity index (χ3v) is 1.56. The lowest BCUT2D eigenvalue weighted by atomic mass is 10.3. The van der Waals surface area contributed by atoms with E-state index in [0.29, 0.717) is 5.71 Å². The average Bonchev–Trinajstić information content (AvgIpc) is 2.06. The Bertz CT molecular complexity index is 301. The van der Waals surface area contributed by atoms with Gasteiger partial charge < -0.3 is 0 Å². The van der Waals surface area contributed by atoms with Crippen LogP contribution in [0.15, 0.2) is 35.3 Å². The van der Waals surface area contributed by atoms with E-state index in [4.69, 9.17) is 0 Å². The van der Waals surface area contributed by atoms with Gasteiger partial charge in [-0.15, -0.1) is 0 Å².